The maximum Gasteiger partial charge on any atom is 0.185 e. The van der Waals surface area contributed by atoms with E-state index in [9.17, 15) is 0 Å². The van der Waals surface area contributed by atoms with E-state index in [0.29, 0.717) is 0 Å². The van der Waals surface area contributed by atoms with Gasteiger partial charge in [-0.15, -0.1) is 11.3 Å². The highest BCUT2D eigenvalue weighted by atomic mass is 32.1. The van der Waals surface area contributed by atoms with Crippen LogP contribution in [-0.2, 0) is 0 Å². The van der Waals surface area contributed by atoms with Gasteiger partial charge in [0, 0.05) is 37.8 Å². The second kappa shape index (κ2) is 4.07. The van der Waals surface area contributed by atoms with E-state index in [1.54, 1.807) is 11.3 Å². The van der Waals surface area contributed by atoms with Crippen LogP contribution in [0.25, 0.3) is 0 Å². The number of rotatable bonds is 2. The fraction of sp³-hybridized carbons (Fsp3) is 0.667. The van der Waals surface area contributed by atoms with Crippen molar-refractivity contribution >= 4 is 16.5 Å². The maximum atomic E-state index is 4.32. The van der Waals surface area contributed by atoms with Crippen LogP contribution >= 0.6 is 11.3 Å². The highest BCUT2D eigenvalue weighted by molar-refractivity contribution is 7.13. The first-order valence-corrected chi connectivity index (χ1v) is 5.65. The smallest absolute Gasteiger partial charge is 0.185 e. The summed E-state index contributed by atoms with van der Waals surface area (Å²) >= 11 is 1.73. The standard InChI is InChI=1S/C9H15N3S/c1-2-11-4-6-12(7-5-11)9-10-3-8-13-9/h3,8H,2,4-7H2,1H3. The summed E-state index contributed by atoms with van der Waals surface area (Å²) in [4.78, 5) is 9.16. The molecule has 1 aromatic rings. The molecule has 1 aliphatic rings. The van der Waals surface area contributed by atoms with Gasteiger partial charge in [-0.05, 0) is 6.54 Å². The summed E-state index contributed by atoms with van der Waals surface area (Å²) in [6, 6.07) is 0. The van der Waals surface area contributed by atoms with E-state index in [0.717, 1.165) is 13.1 Å². The number of hydrogen-bond donors (Lipinski definition) is 0. The molecule has 13 heavy (non-hydrogen) atoms. The molecule has 0 amide bonds. The summed E-state index contributed by atoms with van der Waals surface area (Å²) in [5.41, 5.74) is 0. The van der Waals surface area contributed by atoms with E-state index in [4.69, 9.17) is 0 Å². The predicted molar refractivity (Wildman–Crippen MR) is 56.4 cm³/mol. The third-order valence-electron chi connectivity index (χ3n) is 2.51. The van der Waals surface area contributed by atoms with Crippen LogP contribution in [0.1, 0.15) is 6.92 Å². The van der Waals surface area contributed by atoms with Crippen molar-refractivity contribution < 1.29 is 0 Å². The summed E-state index contributed by atoms with van der Waals surface area (Å²) < 4.78 is 0. The van der Waals surface area contributed by atoms with Gasteiger partial charge in [0.2, 0.25) is 0 Å². The minimum Gasteiger partial charge on any atom is -0.346 e. The van der Waals surface area contributed by atoms with Crippen molar-refractivity contribution in [3.8, 4) is 0 Å². The highest BCUT2D eigenvalue weighted by Gasteiger charge is 2.16. The Morgan fingerprint density at radius 3 is 2.69 bits per heavy atom. The number of nitrogens with zero attached hydrogens (tertiary/aromatic N) is 3. The number of aromatic nitrogens is 1. The van der Waals surface area contributed by atoms with Crippen molar-refractivity contribution in [3.05, 3.63) is 11.6 Å². The minimum atomic E-state index is 1.13. The number of anilines is 1. The Balaban J connectivity index is 1.92. The molecule has 0 N–H and O–H groups in total. The molecule has 0 spiro atoms. The lowest BCUT2D eigenvalue weighted by Gasteiger charge is -2.33. The van der Waals surface area contributed by atoms with Crippen LogP contribution in [0.4, 0.5) is 5.13 Å². The van der Waals surface area contributed by atoms with Crippen LogP contribution in [0, 0.1) is 0 Å². The van der Waals surface area contributed by atoms with Gasteiger partial charge in [0.05, 0.1) is 0 Å². The molecule has 1 aromatic heterocycles. The summed E-state index contributed by atoms with van der Waals surface area (Å²) in [5.74, 6) is 0. The van der Waals surface area contributed by atoms with Gasteiger partial charge in [0.1, 0.15) is 0 Å². The van der Waals surface area contributed by atoms with Crippen molar-refractivity contribution in [1.29, 1.82) is 0 Å². The molecule has 0 aliphatic carbocycles. The fourth-order valence-corrected chi connectivity index (χ4v) is 2.32. The molecule has 0 atom stereocenters. The van der Waals surface area contributed by atoms with Crippen LogP contribution in [0.2, 0.25) is 0 Å². The third-order valence-corrected chi connectivity index (χ3v) is 3.34. The topological polar surface area (TPSA) is 19.4 Å². The average molecular weight is 197 g/mol. The Hall–Kier alpha value is -0.610. The molecule has 1 aliphatic heterocycles. The quantitative estimate of drug-likeness (QED) is 0.712. The van der Waals surface area contributed by atoms with Gasteiger partial charge in [-0.1, -0.05) is 6.92 Å². The molecule has 72 valence electrons. The van der Waals surface area contributed by atoms with Gasteiger partial charge >= 0.3 is 0 Å². The molecule has 2 heterocycles. The normalized spacial score (nSPS) is 19.3. The average Bonchev–Trinajstić information content (AvgIpc) is 2.71. The van der Waals surface area contributed by atoms with Crippen LogP contribution < -0.4 is 4.90 Å². The lowest BCUT2D eigenvalue weighted by Crippen LogP contribution is -2.46. The van der Waals surface area contributed by atoms with E-state index in [1.165, 1.54) is 24.8 Å². The molecule has 3 nitrogen and oxygen atoms in total. The van der Waals surface area contributed by atoms with E-state index in [-0.39, 0.29) is 0 Å². The summed E-state index contributed by atoms with van der Waals surface area (Å²) in [7, 11) is 0. The molecule has 0 unspecified atom stereocenters. The summed E-state index contributed by atoms with van der Waals surface area (Å²) in [6.07, 6.45) is 1.88. The Morgan fingerprint density at radius 1 is 1.38 bits per heavy atom. The van der Waals surface area contributed by atoms with E-state index < -0.39 is 0 Å². The molecule has 0 bridgehead atoms. The monoisotopic (exact) mass is 197 g/mol. The van der Waals surface area contributed by atoms with Crippen LogP contribution in [0.5, 0.6) is 0 Å². The molecule has 0 radical (unpaired) electrons. The van der Waals surface area contributed by atoms with Crippen molar-refractivity contribution in [2.75, 3.05) is 37.6 Å². The highest BCUT2D eigenvalue weighted by Crippen LogP contribution is 2.18. The fourth-order valence-electron chi connectivity index (χ4n) is 1.63. The zero-order chi connectivity index (χ0) is 9.10. The Kier molecular flexibility index (Phi) is 2.80. The number of piperazine rings is 1. The lowest BCUT2D eigenvalue weighted by molar-refractivity contribution is 0.271. The van der Waals surface area contributed by atoms with Gasteiger partial charge in [-0.2, -0.15) is 0 Å². The molecular formula is C9H15N3S. The SMILES string of the molecule is CCN1CCN(c2nccs2)CC1. The second-order valence-corrected chi connectivity index (χ2v) is 4.11. The molecule has 0 saturated carbocycles. The molecule has 1 saturated heterocycles. The van der Waals surface area contributed by atoms with E-state index >= 15 is 0 Å². The number of hydrogen-bond acceptors (Lipinski definition) is 4. The predicted octanol–water partition coefficient (Wildman–Crippen LogP) is 1.28. The Labute approximate surface area is 83.0 Å². The molecule has 0 aromatic carbocycles. The molecular weight excluding hydrogens is 182 g/mol. The van der Waals surface area contributed by atoms with Gasteiger partial charge in [0.25, 0.3) is 0 Å². The first-order chi connectivity index (χ1) is 6.40. The minimum absolute atomic E-state index is 1.13. The van der Waals surface area contributed by atoms with Gasteiger partial charge in [-0.3, -0.25) is 0 Å². The lowest BCUT2D eigenvalue weighted by atomic mass is 10.3. The van der Waals surface area contributed by atoms with Gasteiger partial charge in [-0.25, -0.2) is 4.98 Å². The second-order valence-electron chi connectivity index (χ2n) is 3.24. The Bertz CT molecular complexity index is 239. The van der Waals surface area contributed by atoms with Gasteiger partial charge < -0.3 is 9.80 Å². The van der Waals surface area contributed by atoms with Crippen molar-refractivity contribution in [2.24, 2.45) is 0 Å². The van der Waals surface area contributed by atoms with E-state index in [2.05, 4.69) is 21.7 Å². The molecule has 2 rings (SSSR count). The number of thiazole rings is 1. The first kappa shape index (κ1) is 8.97. The Morgan fingerprint density at radius 2 is 2.15 bits per heavy atom. The zero-order valence-corrected chi connectivity index (χ0v) is 8.76. The van der Waals surface area contributed by atoms with E-state index in [1.807, 2.05) is 11.6 Å². The largest absolute Gasteiger partial charge is 0.346 e. The van der Waals surface area contributed by atoms with Crippen molar-refractivity contribution in [1.82, 2.24) is 9.88 Å². The number of likely N-dealkylation sites (N-methyl/N-ethyl adjacent to an activating group) is 1. The zero-order valence-electron chi connectivity index (χ0n) is 7.94. The maximum absolute atomic E-state index is 4.32. The van der Waals surface area contributed by atoms with Crippen LogP contribution in [0.3, 0.4) is 0 Å². The summed E-state index contributed by atoms with van der Waals surface area (Å²) in [5, 5.41) is 3.22. The van der Waals surface area contributed by atoms with Crippen molar-refractivity contribution in [2.45, 2.75) is 6.92 Å². The van der Waals surface area contributed by atoms with Crippen molar-refractivity contribution in [3.63, 3.8) is 0 Å². The summed E-state index contributed by atoms with van der Waals surface area (Å²) in [6.45, 7) is 8.00. The van der Waals surface area contributed by atoms with Gasteiger partial charge in [0.15, 0.2) is 5.13 Å². The molecule has 4 heteroatoms. The molecule has 1 fully saturated rings. The van der Waals surface area contributed by atoms with Crippen LogP contribution in [-0.4, -0.2) is 42.6 Å². The van der Waals surface area contributed by atoms with Crippen LogP contribution in [0.15, 0.2) is 11.6 Å². The first-order valence-electron chi connectivity index (χ1n) is 4.77. The third kappa shape index (κ3) is 2.00.